The van der Waals surface area contributed by atoms with Gasteiger partial charge in [0.05, 0.1) is 17.4 Å². The normalized spacial score (nSPS) is 10.1. The molecule has 27 heavy (non-hydrogen) atoms. The highest BCUT2D eigenvalue weighted by Gasteiger charge is 2.09. The third-order valence-electron chi connectivity index (χ3n) is 3.16. The molecule has 0 radical (unpaired) electrons. The Balaban J connectivity index is 1.68. The van der Waals surface area contributed by atoms with E-state index in [4.69, 9.17) is 21.4 Å². The van der Waals surface area contributed by atoms with E-state index in [1.807, 2.05) is 0 Å². The molecule has 2 aromatic rings. The Hall–Kier alpha value is -3.20. The van der Waals surface area contributed by atoms with Crippen molar-refractivity contribution in [3.8, 4) is 11.6 Å². The molecule has 0 aliphatic rings. The summed E-state index contributed by atoms with van der Waals surface area (Å²) in [5.74, 6) is -1.72. The fourth-order valence-corrected chi connectivity index (χ4v) is 1.98. The molecule has 0 atom stereocenters. The molecule has 0 fully saturated rings. The molecular weight excluding hydrogens is 379 g/mol. The van der Waals surface area contributed by atoms with Gasteiger partial charge in [0.25, 0.3) is 11.8 Å². The van der Waals surface area contributed by atoms with Gasteiger partial charge in [0, 0.05) is 24.7 Å². The summed E-state index contributed by atoms with van der Waals surface area (Å²) in [4.78, 5) is 30.9. The Kier molecular flexibility index (Phi) is 7.07. The largest absolute Gasteiger partial charge is 0.492 e. The number of hydrogen-bond donors (Lipinski definition) is 3. The third kappa shape index (κ3) is 6.55. The first-order chi connectivity index (χ1) is 12.8. The maximum Gasteiger partial charge on any atom is 0.271 e. The Morgan fingerprint density at radius 3 is 2.74 bits per heavy atom. The number of aromatic hydroxyl groups is 1. The van der Waals surface area contributed by atoms with Gasteiger partial charge in [0.1, 0.15) is 17.3 Å². The van der Waals surface area contributed by atoms with Gasteiger partial charge in [-0.1, -0.05) is 18.2 Å². The minimum Gasteiger partial charge on any atom is -0.492 e. The van der Waals surface area contributed by atoms with E-state index in [1.165, 1.54) is 12.1 Å². The molecule has 10 heteroatoms. The van der Waals surface area contributed by atoms with Crippen LogP contribution in [0.1, 0.15) is 16.9 Å². The molecule has 0 unspecified atom stereocenters. The summed E-state index contributed by atoms with van der Waals surface area (Å²) in [5, 5.41) is 14.1. The van der Waals surface area contributed by atoms with Crippen molar-refractivity contribution in [3.05, 3.63) is 59.4 Å². The third-order valence-corrected chi connectivity index (χ3v) is 3.47. The maximum atomic E-state index is 13.3. The van der Waals surface area contributed by atoms with Crippen molar-refractivity contribution in [3.63, 3.8) is 0 Å². The first-order valence-electron chi connectivity index (χ1n) is 7.70. The molecule has 3 N–H and O–H groups in total. The van der Waals surface area contributed by atoms with E-state index in [9.17, 15) is 14.0 Å². The predicted octanol–water partition coefficient (Wildman–Crippen LogP) is 1.80. The SMILES string of the molecule is C=C(CCNC(=O)c1cnc(O)cn1)NC(=O)COc1ccc(Cl)c(F)c1. The van der Waals surface area contributed by atoms with Crippen LogP contribution in [0.3, 0.4) is 0 Å². The number of halogens is 2. The summed E-state index contributed by atoms with van der Waals surface area (Å²) >= 11 is 5.56. The molecule has 1 heterocycles. The highest BCUT2D eigenvalue weighted by Crippen LogP contribution is 2.20. The first-order valence-corrected chi connectivity index (χ1v) is 8.07. The fraction of sp³-hybridized carbons (Fsp3) is 0.176. The molecule has 8 nitrogen and oxygen atoms in total. The van der Waals surface area contributed by atoms with Crippen molar-refractivity contribution in [2.24, 2.45) is 0 Å². The molecule has 0 aliphatic heterocycles. The summed E-state index contributed by atoms with van der Waals surface area (Å²) in [7, 11) is 0. The van der Waals surface area contributed by atoms with Gasteiger partial charge in [-0.2, -0.15) is 0 Å². The van der Waals surface area contributed by atoms with E-state index >= 15 is 0 Å². The summed E-state index contributed by atoms with van der Waals surface area (Å²) in [6.45, 7) is 3.54. The minimum atomic E-state index is -0.645. The zero-order valence-electron chi connectivity index (χ0n) is 14.0. The Labute approximate surface area is 159 Å². The lowest BCUT2D eigenvalue weighted by atomic mass is 10.3. The highest BCUT2D eigenvalue weighted by molar-refractivity contribution is 6.30. The molecule has 0 spiro atoms. The quantitative estimate of drug-likeness (QED) is 0.629. The van der Waals surface area contributed by atoms with Crippen LogP contribution in [0.25, 0.3) is 0 Å². The van der Waals surface area contributed by atoms with Crippen LogP contribution in [0.5, 0.6) is 11.6 Å². The highest BCUT2D eigenvalue weighted by atomic mass is 35.5. The molecule has 2 amide bonds. The van der Waals surface area contributed by atoms with Crippen molar-refractivity contribution in [2.75, 3.05) is 13.2 Å². The smallest absolute Gasteiger partial charge is 0.271 e. The molecule has 2 rings (SSSR count). The number of hydrogen-bond acceptors (Lipinski definition) is 6. The van der Waals surface area contributed by atoms with Crippen molar-refractivity contribution in [1.29, 1.82) is 0 Å². The van der Waals surface area contributed by atoms with Crippen molar-refractivity contribution >= 4 is 23.4 Å². The predicted molar refractivity (Wildman–Crippen MR) is 94.8 cm³/mol. The topological polar surface area (TPSA) is 113 Å². The minimum absolute atomic E-state index is 0.0412. The van der Waals surface area contributed by atoms with Crippen LogP contribution < -0.4 is 15.4 Å². The molecule has 0 saturated heterocycles. The molecule has 1 aromatic carbocycles. The molecule has 0 bridgehead atoms. The molecule has 0 aliphatic carbocycles. The van der Waals surface area contributed by atoms with Gasteiger partial charge in [0.2, 0.25) is 5.88 Å². The molecule has 0 saturated carbocycles. The van der Waals surface area contributed by atoms with Crippen molar-refractivity contribution in [1.82, 2.24) is 20.6 Å². The van der Waals surface area contributed by atoms with Gasteiger partial charge in [-0.25, -0.2) is 14.4 Å². The lowest BCUT2D eigenvalue weighted by Gasteiger charge is -2.10. The molecular formula is C17H16ClFN4O4. The number of carbonyl (C=O) groups is 2. The summed E-state index contributed by atoms with van der Waals surface area (Å²) < 4.78 is 18.4. The van der Waals surface area contributed by atoms with Crippen molar-refractivity contribution in [2.45, 2.75) is 6.42 Å². The second-order valence-corrected chi connectivity index (χ2v) is 5.69. The number of ether oxygens (including phenoxy) is 1. The van der Waals surface area contributed by atoms with Crippen LogP contribution in [-0.4, -0.2) is 40.0 Å². The zero-order chi connectivity index (χ0) is 19.8. The lowest BCUT2D eigenvalue weighted by Crippen LogP contribution is -2.31. The second-order valence-electron chi connectivity index (χ2n) is 5.28. The molecule has 142 valence electrons. The zero-order valence-corrected chi connectivity index (χ0v) is 14.8. The maximum absolute atomic E-state index is 13.3. The van der Waals surface area contributed by atoms with Crippen LogP contribution in [-0.2, 0) is 4.79 Å². The van der Waals surface area contributed by atoms with Crippen LogP contribution in [0.2, 0.25) is 5.02 Å². The fourth-order valence-electron chi connectivity index (χ4n) is 1.87. The Morgan fingerprint density at radius 1 is 1.30 bits per heavy atom. The van der Waals surface area contributed by atoms with E-state index in [0.717, 1.165) is 18.5 Å². The number of nitrogens with zero attached hydrogens (tertiary/aromatic N) is 2. The monoisotopic (exact) mass is 394 g/mol. The van der Waals surface area contributed by atoms with E-state index in [1.54, 1.807) is 0 Å². The average Bonchev–Trinajstić information content (AvgIpc) is 2.63. The first kappa shape index (κ1) is 20.1. The van der Waals surface area contributed by atoms with E-state index in [-0.39, 0.29) is 41.9 Å². The van der Waals surface area contributed by atoms with E-state index < -0.39 is 17.6 Å². The van der Waals surface area contributed by atoms with Crippen LogP contribution in [0.15, 0.2) is 42.9 Å². The van der Waals surface area contributed by atoms with Gasteiger partial charge < -0.3 is 20.5 Å². The van der Waals surface area contributed by atoms with Gasteiger partial charge in [-0.05, 0) is 12.1 Å². The number of nitrogens with one attached hydrogen (secondary N) is 2. The summed E-state index contributed by atoms with van der Waals surface area (Å²) in [5.41, 5.74) is 0.411. The van der Waals surface area contributed by atoms with E-state index in [0.29, 0.717) is 5.70 Å². The van der Waals surface area contributed by atoms with Gasteiger partial charge >= 0.3 is 0 Å². The number of aromatic nitrogens is 2. The number of benzene rings is 1. The average molecular weight is 395 g/mol. The van der Waals surface area contributed by atoms with E-state index in [2.05, 4.69) is 27.2 Å². The van der Waals surface area contributed by atoms with Crippen LogP contribution >= 0.6 is 11.6 Å². The number of carbonyl (C=O) groups excluding carboxylic acids is 2. The standard InChI is InChI=1S/C17H16ClFN4O4/c1-10(4-5-20-17(26)14-7-22-15(24)8-21-14)23-16(25)9-27-11-2-3-12(18)13(19)6-11/h2-3,6-8H,1,4-5,9H2,(H,20,26)(H,22,24)(H,23,25). The van der Waals surface area contributed by atoms with Gasteiger partial charge in [-0.15, -0.1) is 0 Å². The van der Waals surface area contributed by atoms with Crippen LogP contribution in [0, 0.1) is 5.82 Å². The van der Waals surface area contributed by atoms with Crippen LogP contribution in [0.4, 0.5) is 4.39 Å². The molecule has 1 aromatic heterocycles. The number of amides is 2. The van der Waals surface area contributed by atoms with Gasteiger partial charge in [-0.3, -0.25) is 9.59 Å². The second kappa shape index (κ2) is 9.48. The Bertz CT molecular complexity index is 845. The van der Waals surface area contributed by atoms with Crippen molar-refractivity contribution < 1.29 is 23.8 Å². The summed E-state index contributed by atoms with van der Waals surface area (Å²) in [6.07, 6.45) is 2.47. The van der Waals surface area contributed by atoms with Gasteiger partial charge in [0.15, 0.2) is 6.61 Å². The summed E-state index contributed by atoms with van der Waals surface area (Å²) in [6, 6.07) is 3.84. The Morgan fingerprint density at radius 2 is 2.07 bits per heavy atom. The number of rotatable bonds is 8. The lowest BCUT2D eigenvalue weighted by molar-refractivity contribution is -0.122.